The molecule has 0 spiro atoms. The van der Waals surface area contributed by atoms with E-state index in [4.69, 9.17) is 5.73 Å². The predicted octanol–water partition coefficient (Wildman–Crippen LogP) is 2.55. The summed E-state index contributed by atoms with van der Waals surface area (Å²) in [4.78, 5) is 12.4. The molecule has 0 bridgehead atoms. The third kappa shape index (κ3) is 1.94. The Morgan fingerprint density at radius 1 is 1.20 bits per heavy atom. The van der Waals surface area contributed by atoms with E-state index < -0.39 is 0 Å². The summed E-state index contributed by atoms with van der Waals surface area (Å²) in [6, 6.07) is 5.88. The van der Waals surface area contributed by atoms with Crippen LogP contribution in [0.1, 0.15) is 37.3 Å². The van der Waals surface area contributed by atoms with Crippen LogP contribution in [0.2, 0.25) is 0 Å². The monoisotopic (exact) mass is 275 g/mol. The minimum atomic E-state index is -0.319. The van der Waals surface area contributed by atoms with E-state index in [2.05, 4.69) is 0 Å². The number of rotatable bonds is 2. The quantitative estimate of drug-likeness (QED) is 0.915. The third-order valence-electron chi connectivity index (χ3n) is 4.16. The zero-order valence-electron chi connectivity index (χ0n) is 11.5. The fourth-order valence-electron chi connectivity index (χ4n) is 3.20. The van der Waals surface area contributed by atoms with Gasteiger partial charge in [-0.25, -0.2) is 9.07 Å². The zero-order valence-corrected chi connectivity index (χ0v) is 11.5. The van der Waals surface area contributed by atoms with Gasteiger partial charge in [0.1, 0.15) is 11.5 Å². The molecule has 1 heterocycles. The molecule has 20 heavy (non-hydrogen) atoms. The van der Waals surface area contributed by atoms with Gasteiger partial charge in [-0.05, 0) is 37.1 Å². The van der Waals surface area contributed by atoms with Gasteiger partial charge < -0.3 is 5.73 Å². The highest BCUT2D eigenvalue weighted by Gasteiger charge is 2.26. The fourth-order valence-corrected chi connectivity index (χ4v) is 3.20. The maximum absolute atomic E-state index is 13.0. The van der Waals surface area contributed by atoms with E-state index in [1.165, 1.54) is 29.7 Å². The Labute approximate surface area is 116 Å². The van der Waals surface area contributed by atoms with Crippen LogP contribution in [0, 0.1) is 5.82 Å². The largest absolute Gasteiger partial charge is 0.393 e. The molecule has 1 aliphatic rings. The molecule has 0 aliphatic heterocycles. The second-order valence-corrected chi connectivity index (χ2v) is 5.40. The smallest absolute Gasteiger partial charge is 0.294 e. The molecule has 1 aliphatic carbocycles. The number of benzene rings is 1. The van der Waals surface area contributed by atoms with E-state index in [1.807, 2.05) is 11.7 Å². The number of nitrogens with two attached hydrogens (primary N) is 1. The number of nitrogens with zero attached hydrogens (tertiary/aromatic N) is 2. The first-order valence-corrected chi connectivity index (χ1v) is 6.93. The van der Waals surface area contributed by atoms with E-state index in [9.17, 15) is 9.18 Å². The van der Waals surface area contributed by atoms with Crippen LogP contribution in [0.25, 0.3) is 5.69 Å². The number of nitrogen functional groups attached to an aromatic ring is 1. The Morgan fingerprint density at radius 3 is 2.40 bits per heavy atom. The molecule has 3 rings (SSSR count). The fraction of sp³-hybridized carbons (Fsp3) is 0.400. The van der Waals surface area contributed by atoms with Crippen LogP contribution >= 0.6 is 0 Å². The van der Waals surface area contributed by atoms with Crippen molar-refractivity contribution in [3.8, 4) is 5.69 Å². The van der Waals surface area contributed by atoms with Gasteiger partial charge in [0.25, 0.3) is 5.56 Å². The molecule has 1 aromatic carbocycles. The van der Waals surface area contributed by atoms with Gasteiger partial charge in [0.05, 0.1) is 11.4 Å². The van der Waals surface area contributed by atoms with E-state index in [0.29, 0.717) is 17.3 Å². The van der Waals surface area contributed by atoms with E-state index >= 15 is 0 Å². The number of anilines is 1. The van der Waals surface area contributed by atoms with E-state index in [0.717, 1.165) is 18.5 Å². The second-order valence-electron chi connectivity index (χ2n) is 5.40. The molecular formula is C15H18FN3O. The molecule has 0 radical (unpaired) electrons. The van der Waals surface area contributed by atoms with Gasteiger partial charge >= 0.3 is 0 Å². The highest BCUT2D eigenvalue weighted by atomic mass is 19.1. The average Bonchev–Trinajstić information content (AvgIpc) is 3.01. The van der Waals surface area contributed by atoms with Crippen molar-refractivity contribution in [1.82, 2.24) is 9.36 Å². The predicted molar refractivity (Wildman–Crippen MR) is 76.6 cm³/mol. The first-order chi connectivity index (χ1) is 9.59. The summed E-state index contributed by atoms with van der Waals surface area (Å²) in [7, 11) is 1.84. The van der Waals surface area contributed by atoms with E-state index in [-0.39, 0.29) is 11.4 Å². The summed E-state index contributed by atoms with van der Waals surface area (Å²) < 4.78 is 16.4. The van der Waals surface area contributed by atoms with Crippen molar-refractivity contribution < 1.29 is 4.39 Å². The SMILES string of the molecule is Cn1c(C2CCCC2)c(N)c(=O)n1-c1ccc(F)cc1. The Kier molecular flexibility index (Phi) is 3.12. The van der Waals surface area contributed by atoms with Gasteiger partial charge in [0, 0.05) is 13.0 Å². The van der Waals surface area contributed by atoms with Crippen LogP contribution in [0.3, 0.4) is 0 Å². The lowest BCUT2D eigenvalue weighted by molar-refractivity contribution is 0.567. The van der Waals surface area contributed by atoms with Crippen LogP contribution in [0.15, 0.2) is 29.1 Å². The molecular weight excluding hydrogens is 257 g/mol. The Bertz CT molecular complexity index is 678. The van der Waals surface area contributed by atoms with Gasteiger partial charge in [-0.3, -0.25) is 9.48 Å². The summed E-state index contributed by atoms with van der Waals surface area (Å²) >= 11 is 0. The van der Waals surface area contributed by atoms with Crippen molar-refractivity contribution in [3.05, 3.63) is 46.1 Å². The molecule has 106 valence electrons. The lowest BCUT2D eigenvalue weighted by Crippen LogP contribution is -2.20. The summed E-state index contributed by atoms with van der Waals surface area (Å²) in [6.45, 7) is 0. The van der Waals surface area contributed by atoms with Crippen molar-refractivity contribution in [3.63, 3.8) is 0 Å². The standard InChI is InChI=1S/C15H18FN3O/c1-18-14(10-4-2-3-5-10)13(17)15(20)19(18)12-8-6-11(16)7-9-12/h6-10H,2-5,17H2,1H3. The summed E-state index contributed by atoms with van der Waals surface area (Å²) in [5, 5.41) is 0. The topological polar surface area (TPSA) is 52.9 Å². The summed E-state index contributed by atoms with van der Waals surface area (Å²) in [5.41, 5.74) is 7.67. The molecule has 1 saturated carbocycles. The Balaban J connectivity index is 2.14. The van der Waals surface area contributed by atoms with Crippen LogP contribution < -0.4 is 11.3 Å². The van der Waals surface area contributed by atoms with E-state index in [1.54, 1.807) is 12.1 Å². The first-order valence-electron chi connectivity index (χ1n) is 6.93. The lowest BCUT2D eigenvalue weighted by Gasteiger charge is -2.14. The van der Waals surface area contributed by atoms with Crippen LogP contribution in [-0.4, -0.2) is 9.36 Å². The molecule has 5 heteroatoms. The van der Waals surface area contributed by atoms with Crippen molar-refractivity contribution >= 4 is 5.69 Å². The number of aromatic nitrogens is 2. The maximum Gasteiger partial charge on any atom is 0.294 e. The maximum atomic E-state index is 13.0. The van der Waals surface area contributed by atoms with Gasteiger partial charge in [-0.1, -0.05) is 12.8 Å². The van der Waals surface area contributed by atoms with Crippen molar-refractivity contribution in [2.24, 2.45) is 7.05 Å². The molecule has 1 aromatic heterocycles. The third-order valence-corrected chi connectivity index (χ3v) is 4.16. The molecule has 0 saturated heterocycles. The van der Waals surface area contributed by atoms with Crippen LogP contribution in [0.5, 0.6) is 0 Å². The van der Waals surface area contributed by atoms with Crippen LogP contribution in [-0.2, 0) is 7.05 Å². The zero-order chi connectivity index (χ0) is 14.3. The van der Waals surface area contributed by atoms with Gasteiger partial charge in [0.2, 0.25) is 0 Å². The minimum Gasteiger partial charge on any atom is -0.393 e. The molecule has 4 nitrogen and oxygen atoms in total. The lowest BCUT2D eigenvalue weighted by atomic mass is 10.0. The van der Waals surface area contributed by atoms with Gasteiger partial charge in [-0.15, -0.1) is 0 Å². The Hall–Kier alpha value is -2.04. The van der Waals surface area contributed by atoms with Gasteiger partial charge in [0.15, 0.2) is 0 Å². The van der Waals surface area contributed by atoms with Crippen LogP contribution in [0.4, 0.5) is 10.1 Å². The first kappa shape index (κ1) is 13.0. The van der Waals surface area contributed by atoms with Gasteiger partial charge in [-0.2, -0.15) is 0 Å². The molecule has 0 atom stereocenters. The normalized spacial score (nSPS) is 15.9. The molecule has 2 N–H and O–H groups in total. The second kappa shape index (κ2) is 4.81. The molecule has 1 fully saturated rings. The molecule has 0 unspecified atom stereocenters. The van der Waals surface area contributed by atoms with Crippen molar-refractivity contribution in [1.29, 1.82) is 0 Å². The number of halogens is 1. The highest BCUT2D eigenvalue weighted by Crippen LogP contribution is 2.36. The average molecular weight is 275 g/mol. The summed E-state index contributed by atoms with van der Waals surface area (Å²) in [6.07, 6.45) is 4.51. The highest BCUT2D eigenvalue weighted by molar-refractivity contribution is 5.47. The summed E-state index contributed by atoms with van der Waals surface area (Å²) in [5.74, 6) is 0.0365. The minimum absolute atomic E-state index is 0.221. The molecule has 0 amide bonds. The molecule has 2 aromatic rings. The number of hydrogen-bond acceptors (Lipinski definition) is 2. The van der Waals surface area contributed by atoms with Crippen molar-refractivity contribution in [2.45, 2.75) is 31.6 Å². The Morgan fingerprint density at radius 2 is 1.80 bits per heavy atom. The van der Waals surface area contributed by atoms with Crippen molar-refractivity contribution in [2.75, 3.05) is 5.73 Å². The number of hydrogen-bond donors (Lipinski definition) is 1.